The van der Waals surface area contributed by atoms with Gasteiger partial charge in [0.15, 0.2) is 0 Å². The van der Waals surface area contributed by atoms with E-state index in [1.165, 1.54) is 6.08 Å². The highest BCUT2D eigenvalue weighted by molar-refractivity contribution is 6.31. The topological polar surface area (TPSA) is 101 Å². The molecule has 0 atom stereocenters. The Kier molecular flexibility index (Phi) is 2.61. The van der Waals surface area contributed by atoms with Crippen molar-refractivity contribution in [2.45, 2.75) is 0 Å². The van der Waals surface area contributed by atoms with Gasteiger partial charge in [-0.3, -0.25) is 20.2 Å². The predicted octanol–water partition coefficient (Wildman–Crippen LogP) is 0.0182. The maximum atomic E-state index is 11.4. The minimum atomic E-state index is -0.811. The Morgan fingerprint density at radius 3 is 2.00 bits per heavy atom. The number of barbiturate groups is 1. The van der Waals surface area contributed by atoms with E-state index in [-0.39, 0.29) is 5.57 Å². The normalized spacial score (nSPS) is 15.3. The highest BCUT2D eigenvalue weighted by Crippen LogP contribution is 2.11. The van der Waals surface area contributed by atoms with Gasteiger partial charge >= 0.3 is 6.03 Å². The Morgan fingerprint density at radius 1 is 0.941 bits per heavy atom. The summed E-state index contributed by atoms with van der Waals surface area (Å²) in [6, 6.07) is 5.82. The Bertz CT molecular complexity index is 509. The van der Waals surface area contributed by atoms with Gasteiger partial charge < -0.3 is 5.73 Å². The number of carbonyl (C=O) groups excluding carboxylic acids is 3. The average Bonchev–Trinajstić information content (AvgIpc) is 2.26. The number of hydrogen-bond donors (Lipinski definition) is 3. The minimum absolute atomic E-state index is 0.116. The molecule has 1 saturated heterocycles. The van der Waals surface area contributed by atoms with E-state index in [0.717, 1.165) is 0 Å². The van der Waals surface area contributed by atoms with E-state index < -0.39 is 17.8 Å². The summed E-state index contributed by atoms with van der Waals surface area (Å²) < 4.78 is 0. The van der Waals surface area contributed by atoms with Crippen molar-refractivity contribution in [2.24, 2.45) is 0 Å². The minimum Gasteiger partial charge on any atom is -0.399 e. The molecule has 6 nitrogen and oxygen atoms in total. The lowest BCUT2D eigenvalue weighted by Gasteiger charge is -2.13. The van der Waals surface area contributed by atoms with Crippen LogP contribution < -0.4 is 16.4 Å². The van der Waals surface area contributed by atoms with Crippen LogP contribution in [-0.2, 0) is 9.59 Å². The number of nitrogens with two attached hydrogens (primary N) is 1. The second-order valence-corrected chi connectivity index (χ2v) is 3.46. The van der Waals surface area contributed by atoms with Gasteiger partial charge in [0.05, 0.1) is 0 Å². The maximum Gasteiger partial charge on any atom is 0.328 e. The van der Waals surface area contributed by atoms with Crippen LogP contribution in [0.3, 0.4) is 0 Å². The van der Waals surface area contributed by atoms with Crippen molar-refractivity contribution < 1.29 is 14.4 Å². The van der Waals surface area contributed by atoms with Gasteiger partial charge in [-0.15, -0.1) is 0 Å². The van der Waals surface area contributed by atoms with E-state index in [1.54, 1.807) is 24.3 Å². The molecule has 0 bridgehead atoms. The van der Waals surface area contributed by atoms with Gasteiger partial charge in [-0.2, -0.15) is 0 Å². The summed E-state index contributed by atoms with van der Waals surface area (Å²) in [6.07, 6.45) is 1.39. The van der Waals surface area contributed by atoms with Gasteiger partial charge in [0.1, 0.15) is 5.57 Å². The second kappa shape index (κ2) is 4.09. The third kappa shape index (κ3) is 2.31. The number of hydrogen-bond acceptors (Lipinski definition) is 4. The van der Waals surface area contributed by atoms with E-state index >= 15 is 0 Å². The molecule has 1 aromatic rings. The van der Waals surface area contributed by atoms with Gasteiger partial charge in [0.25, 0.3) is 11.8 Å². The largest absolute Gasteiger partial charge is 0.399 e. The monoisotopic (exact) mass is 231 g/mol. The highest BCUT2D eigenvalue weighted by Gasteiger charge is 2.27. The SMILES string of the molecule is Nc1ccc(C=C2C(=O)NC(=O)NC2=O)cc1. The highest BCUT2D eigenvalue weighted by atomic mass is 16.2. The number of carbonyl (C=O) groups is 3. The lowest BCUT2D eigenvalue weighted by molar-refractivity contribution is -0.123. The lowest BCUT2D eigenvalue weighted by atomic mass is 10.1. The van der Waals surface area contributed by atoms with Crippen LogP contribution in [-0.4, -0.2) is 17.8 Å². The van der Waals surface area contributed by atoms with E-state index in [2.05, 4.69) is 0 Å². The smallest absolute Gasteiger partial charge is 0.328 e. The van der Waals surface area contributed by atoms with Crippen molar-refractivity contribution in [3.8, 4) is 0 Å². The molecular formula is C11H9N3O3. The summed E-state index contributed by atoms with van der Waals surface area (Å²) in [4.78, 5) is 33.6. The molecule has 0 unspecified atom stereocenters. The molecule has 1 aliphatic heterocycles. The molecule has 1 aromatic carbocycles. The summed E-state index contributed by atoms with van der Waals surface area (Å²) in [6.45, 7) is 0. The zero-order valence-electron chi connectivity index (χ0n) is 8.69. The van der Waals surface area contributed by atoms with Crippen LogP contribution in [0, 0.1) is 0 Å². The van der Waals surface area contributed by atoms with Crippen molar-refractivity contribution in [1.82, 2.24) is 10.6 Å². The molecule has 4 N–H and O–H groups in total. The summed E-state index contributed by atoms with van der Waals surface area (Å²) >= 11 is 0. The first-order valence-corrected chi connectivity index (χ1v) is 4.80. The molecule has 0 aliphatic carbocycles. The van der Waals surface area contributed by atoms with Gasteiger partial charge in [0, 0.05) is 5.69 Å². The zero-order valence-corrected chi connectivity index (χ0v) is 8.69. The number of benzene rings is 1. The number of amides is 4. The Hall–Kier alpha value is -2.63. The molecule has 1 aliphatic rings. The molecule has 4 amide bonds. The van der Waals surface area contributed by atoms with Crippen LogP contribution in [0.2, 0.25) is 0 Å². The van der Waals surface area contributed by atoms with Gasteiger partial charge in [-0.25, -0.2) is 4.79 Å². The van der Waals surface area contributed by atoms with Crippen LogP contribution in [0.4, 0.5) is 10.5 Å². The Morgan fingerprint density at radius 2 is 1.47 bits per heavy atom. The van der Waals surface area contributed by atoms with Gasteiger partial charge in [0.2, 0.25) is 0 Å². The van der Waals surface area contributed by atoms with Crippen molar-refractivity contribution in [3.63, 3.8) is 0 Å². The molecule has 0 spiro atoms. The van der Waals surface area contributed by atoms with Gasteiger partial charge in [-0.1, -0.05) is 12.1 Å². The van der Waals surface area contributed by atoms with Crippen LogP contribution >= 0.6 is 0 Å². The molecule has 0 aromatic heterocycles. The fourth-order valence-electron chi connectivity index (χ4n) is 1.37. The molecule has 0 radical (unpaired) electrons. The molecule has 86 valence electrons. The third-order valence-corrected chi connectivity index (χ3v) is 2.19. The number of imide groups is 2. The fourth-order valence-corrected chi connectivity index (χ4v) is 1.37. The van der Waals surface area contributed by atoms with E-state index in [9.17, 15) is 14.4 Å². The first-order chi connectivity index (χ1) is 8.06. The van der Waals surface area contributed by atoms with Crippen LogP contribution in [0.25, 0.3) is 6.08 Å². The Labute approximate surface area is 96.5 Å². The molecule has 1 heterocycles. The predicted molar refractivity (Wildman–Crippen MR) is 60.5 cm³/mol. The molecule has 6 heteroatoms. The van der Waals surface area contributed by atoms with Crippen LogP contribution in [0.5, 0.6) is 0 Å². The number of urea groups is 1. The number of nitrogens with one attached hydrogen (secondary N) is 2. The second-order valence-electron chi connectivity index (χ2n) is 3.46. The maximum absolute atomic E-state index is 11.4. The summed E-state index contributed by atoms with van der Waals surface area (Å²) in [7, 11) is 0. The van der Waals surface area contributed by atoms with Crippen molar-refractivity contribution in [1.29, 1.82) is 0 Å². The Balaban J connectivity index is 2.32. The molecule has 2 rings (SSSR count). The number of rotatable bonds is 1. The number of nitrogen functional groups attached to an aromatic ring is 1. The summed E-state index contributed by atoms with van der Waals surface area (Å²) in [5, 5.41) is 3.98. The summed E-state index contributed by atoms with van der Waals surface area (Å²) in [5.74, 6) is -1.42. The van der Waals surface area contributed by atoms with E-state index in [1.807, 2.05) is 10.6 Å². The van der Waals surface area contributed by atoms with Crippen LogP contribution in [0.15, 0.2) is 29.8 Å². The quantitative estimate of drug-likeness (QED) is 0.360. The van der Waals surface area contributed by atoms with Gasteiger partial charge in [-0.05, 0) is 23.8 Å². The lowest BCUT2D eigenvalue weighted by Crippen LogP contribution is -2.51. The molecule has 0 saturated carbocycles. The first kappa shape index (κ1) is 10.9. The average molecular weight is 231 g/mol. The van der Waals surface area contributed by atoms with E-state index in [0.29, 0.717) is 11.3 Å². The van der Waals surface area contributed by atoms with Crippen LogP contribution in [0.1, 0.15) is 5.56 Å². The molecular weight excluding hydrogens is 222 g/mol. The van der Waals surface area contributed by atoms with Crippen molar-refractivity contribution >= 4 is 29.6 Å². The molecule has 1 fully saturated rings. The van der Waals surface area contributed by atoms with Crippen molar-refractivity contribution in [2.75, 3.05) is 5.73 Å². The first-order valence-electron chi connectivity index (χ1n) is 4.80. The van der Waals surface area contributed by atoms with E-state index in [4.69, 9.17) is 5.73 Å². The van der Waals surface area contributed by atoms with Crippen molar-refractivity contribution in [3.05, 3.63) is 35.4 Å². The number of anilines is 1. The zero-order chi connectivity index (χ0) is 12.4. The third-order valence-electron chi connectivity index (χ3n) is 2.19. The molecule has 17 heavy (non-hydrogen) atoms. The standard InChI is InChI=1S/C11H9N3O3/c12-7-3-1-6(2-4-7)5-8-9(15)13-11(17)14-10(8)16/h1-5H,12H2,(H2,13,14,15,16,17). The fraction of sp³-hybridized carbons (Fsp3) is 0. The summed E-state index contributed by atoms with van der Waals surface area (Å²) in [5.41, 5.74) is 6.62.